The van der Waals surface area contributed by atoms with E-state index in [-0.39, 0.29) is 30.1 Å². The molecule has 1 unspecified atom stereocenters. The Bertz CT molecular complexity index is 626. The van der Waals surface area contributed by atoms with Crippen molar-refractivity contribution in [2.75, 3.05) is 0 Å². The van der Waals surface area contributed by atoms with E-state index >= 15 is 0 Å². The molecular weight excluding hydrogens is 276 g/mol. The highest BCUT2D eigenvalue weighted by Crippen LogP contribution is 2.19. The molecule has 2 amide bonds. The molecule has 110 valence electrons. The van der Waals surface area contributed by atoms with E-state index in [2.05, 4.69) is 15.8 Å². The van der Waals surface area contributed by atoms with Crippen LogP contribution in [0.25, 0.3) is 0 Å². The van der Waals surface area contributed by atoms with Crippen LogP contribution < -0.4 is 10.7 Å². The number of rotatable bonds is 4. The summed E-state index contributed by atoms with van der Waals surface area (Å²) in [5, 5.41) is 17.1. The first-order valence-corrected chi connectivity index (χ1v) is 6.38. The van der Waals surface area contributed by atoms with E-state index in [0.29, 0.717) is 5.56 Å². The first kappa shape index (κ1) is 14.6. The van der Waals surface area contributed by atoms with Crippen molar-refractivity contribution in [3.8, 4) is 0 Å². The molecule has 0 aliphatic carbocycles. The van der Waals surface area contributed by atoms with E-state index in [0.717, 1.165) is 0 Å². The van der Waals surface area contributed by atoms with Crippen molar-refractivity contribution in [2.45, 2.75) is 25.8 Å². The molecule has 2 N–H and O–H groups in total. The lowest BCUT2D eigenvalue weighted by atomic mass is 10.1. The zero-order valence-corrected chi connectivity index (χ0v) is 11.3. The van der Waals surface area contributed by atoms with Gasteiger partial charge in [0.15, 0.2) is 0 Å². The first-order valence-electron chi connectivity index (χ1n) is 6.38. The van der Waals surface area contributed by atoms with Gasteiger partial charge in [0.05, 0.1) is 11.0 Å². The number of nitro benzene ring substituents is 1. The van der Waals surface area contributed by atoms with Gasteiger partial charge in [-0.2, -0.15) is 5.10 Å². The summed E-state index contributed by atoms with van der Waals surface area (Å²) in [6.45, 7) is 1.72. The Labute approximate surface area is 120 Å². The summed E-state index contributed by atoms with van der Waals surface area (Å²) in [4.78, 5) is 33.2. The Kier molecular flexibility index (Phi) is 4.27. The molecule has 1 atom stereocenters. The highest BCUT2D eigenvalue weighted by molar-refractivity contribution is 6.39. The second kappa shape index (κ2) is 6.12. The van der Waals surface area contributed by atoms with Crippen LogP contribution in [0.3, 0.4) is 0 Å². The van der Waals surface area contributed by atoms with Crippen LogP contribution in [0.4, 0.5) is 5.69 Å². The average Bonchev–Trinajstić information content (AvgIpc) is 2.48. The van der Waals surface area contributed by atoms with Crippen LogP contribution in [0, 0.1) is 10.1 Å². The second-order valence-electron chi connectivity index (χ2n) is 4.64. The molecule has 0 saturated carbocycles. The Hall–Kier alpha value is -2.77. The monoisotopic (exact) mass is 290 g/mol. The fourth-order valence-electron chi connectivity index (χ4n) is 1.91. The van der Waals surface area contributed by atoms with Gasteiger partial charge in [-0.05, 0) is 12.5 Å². The number of nitro groups is 1. The topological polar surface area (TPSA) is 114 Å². The van der Waals surface area contributed by atoms with Crippen molar-refractivity contribution in [1.82, 2.24) is 10.7 Å². The van der Waals surface area contributed by atoms with Crippen LogP contribution in [0.5, 0.6) is 0 Å². The van der Waals surface area contributed by atoms with E-state index in [1.54, 1.807) is 19.1 Å². The minimum atomic E-state index is -0.487. The van der Waals surface area contributed by atoms with Gasteiger partial charge in [0.2, 0.25) is 5.91 Å². The number of nitrogens with one attached hydrogen (secondary N) is 2. The fourth-order valence-corrected chi connectivity index (χ4v) is 1.91. The predicted octanol–water partition coefficient (Wildman–Crippen LogP) is 1.04. The highest BCUT2D eigenvalue weighted by atomic mass is 16.6. The number of hydrazone groups is 1. The molecule has 8 heteroatoms. The molecule has 1 aromatic rings. The van der Waals surface area contributed by atoms with Gasteiger partial charge >= 0.3 is 0 Å². The molecule has 0 fully saturated rings. The third-order valence-corrected chi connectivity index (χ3v) is 3.10. The first-order chi connectivity index (χ1) is 9.97. The molecule has 2 rings (SSSR count). The Balaban J connectivity index is 2.05. The van der Waals surface area contributed by atoms with Gasteiger partial charge in [-0.3, -0.25) is 19.7 Å². The molecular formula is C13H14N4O4. The van der Waals surface area contributed by atoms with Gasteiger partial charge in [0.25, 0.3) is 11.6 Å². The molecule has 0 bridgehead atoms. The summed E-state index contributed by atoms with van der Waals surface area (Å²) in [6.07, 6.45) is 0.497. The van der Waals surface area contributed by atoms with Crippen LogP contribution in [0.2, 0.25) is 0 Å². The molecule has 0 spiro atoms. The van der Waals surface area contributed by atoms with Gasteiger partial charge in [0, 0.05) is 25.0 Å². The maximum atomic E-state index is 12.0. The highest BCUT2D eigenvalue weighted by Gasteiger charge is 2.20. The van der Waals surface area contributed by atoms with E-state index < -0.39 is 16.9 Å². The number of carbonyl (C=O) groups excluding carboxylic acids is 2. The van der Waals surface area contributed by atoms with E-state index in [9.17, 15) is 19.7 Å². The molecule has 1 aromatic carbocycles. The summed E-state index contributed by atoms with van der Waals surface area (Å²) in [5.41, 5.74) is 3.08. The maximum absolute atomic E-state index is 12.0. The van der Waals surface area contributed by atoms with Gasteiger partial charge in [-0.25, -0.2) is 5.43 Å². The lowest BCUT2D eigenvalue weighted by Gasteiger charge is -2.16. The van der Waals surface area contributed by atoms with E-state index in [1.165, 1.54) is 12.1 Å². The second-order valence-corrected chi connectivity index (χ2v) is 4.64. The minimum Gasteiger partial charge on any atom is -0.344 e. The van der Waals surface area contributed by atoms with Gasteiger partial charge in [-0.15, -0.1) is 0 Å². The number of carbonyl (C=O) groups is 2. The van der Waals surface area contributed by atoms with Crippen molar-refractivity contribution in [2.24, 2.45) is 5.10 Å². The lowest BCUT2D eigenvalue weighted by molar-refractivity contribution is -0.384. The number of benzene rings is 1. The van der Waals surface area contributed by atoms with Crippen LogP contribution in [0.1, 0.15) is 31.4 Å². The molecule has 1 heterocycles. The summed E-state index contributed by atoms with van der Waals surface area (Å²) >= 11 is 0. The molecule has 0 radical (unpaired) electrons. The number of nitrogens with zero attached hydrogens (tertiary/aromatic N) is 2. The van der Waals surface area contributed by atoms with Crippen molar-refractivity contribution in [1.29, 1.82) is 0 Å². The predicted molar refractivity (Wildman–Crippen MR) is 74.5 cm³/mol. The normalized spacial score (nSPS) is 15.7. The third kappa shape index (κ3) is 3.62. The van der Waals surface area contributed by atoms with Crippen molar-refractivity contribution in [3.63, 3.8) is 0 Å². The largest absolute Gasteiger partial charge is 0.344 e. The number of hydrogen-bond acceptors (Lipinski definition) is 5. The zero-order valence-electron chi connectivity index (χ0n) is 11.3. The standard InChI is InChI=1S/C13H14N4O4/c1-8(9-3-2-4-10(7-9)17(20)21)14-13(19)11-5-6-12(18)16-15-11/h2-4,7-8H,5-6H2,1H3,(H,14,19)(H,16,18). The van der Waals surface area contributed by atoms with Crippen LogP contribution in [-0.4, -0.2) is 22.4 Å². The van der Waals surface area contributed by atoms with Crippen LogP contribution in [0.15, 0.2) is 29.4 Å². The summed E-state index contributed by atoms with van der Waals surface area (Å²) in [6, 6.07) is 5.66. The van der Waals surface area contributed by atoms with E-state index in [1.807, 2.05) is 0 Å². The Morgan fingerprint density at radius 1 is 1.48 bits per heavy atom. The zero-order chi connectivity index (χ0) is 15.4. The fraction of sp³-hybridized carbons (Fsp3) is 0.308. The summed E-state index contributed by atoms with van der Waals surface area (Å²) < 4.78 is 0. The SMILES string of the molecule is CC(NC(=O)C1=NNC(=O)CC1)c1cccc([N+](=O)[O-])c1. The third-order valence-electron chi connectivity index (χ3n) is 3.10. The molecule has 1 aliphatic heterocycles. The Morgan fingerprint density at radius 2 is 2.24 bits per heavy atom. The molecule has 0 aromatic heterocycles. The van der Waals surface area contributed by atoms with Crippen LogP contribution >= 0.6 is 0 Å². The summed E-state index contributed by atoms with van der Waals surface area (Å²) in [5.74, 6) is -0.618. The van der Waals surface area contributed by atoms with E-state index in [4.69, 9.17) is 0 Å². The molecule has 21 heavy (non-hydrogen) atoms. The Morgan fingerprint density at radius 3 is 2.86 bits per heavy atom. The van der Waals surface area contributed by atoms with Gasteiger partial charge in [-0.1, -0.05) is 12.1 Å². The van der Waals surface area contributed by atoms with Gasteiger partial charge in [0.1, 0.15) is 5.71 Å². The van der Waals surface area contributed by atoms with Crippen LogP contribution in [-0.2, 0) is 9.59 Å². The molecule has 8 nitrogen and oxygen atoms in total. The van der Waals surface area contributed by atoms with Crippen molar-refractivity contribution < 1.29 is 14.5 Å². The van der Waals surface area contributed by atoms with Crippen molar-refractivity contribution in [3.05, 3.63) is 39.9 Å². The van der Waals surface area contributed by atoms with Crippen molar-refractivity contribution >= 4 is 23.2 Å². The lowest BCUT2D eigenvalue weighted by Crippen LogP contribution is -2.37. The molecule has 1 aliphatic rings. The molecule has 0 saturated heterocycles. The number of hydrogen-bond donors (Lipinski definition) is 2. The summed E-state index contributed by atoms with van der Waals surface area (Å²) in [7, 11) is 0. The maximum Gasteiger partial charge on any atom is 0.269 e. The van der Waals surface area contributed by atoms with Gasteiger partial charge < -0.3 is 5.32 Å². The number of non-ortho nitro benzene ring substituents is 1. The quantitative estimate of drug-likeness (QED) is 0.637. The minimum absolute atomic E-state index is 0.0316. The average molecular weight is 290 g/mol. The smallest absolute Gasteiger partial charge is 0.269 e. The number of amides is 2.